The van der Waals surface area contributed by atoms with Crippen molar-refractivity contribution in [2.24, 2.45) is 5.92 Å². The van der Waals surface area contributed by atoms with E-state index in [2.05, 4.69) is 30.1 Å². The first-order valence-electron chi connectivity index (χ1n) is 6.79. The molecule has 0 fully saturated rings. The summed E-state index contributed by atoms with van der Waals surface area (Å²) in [6.45, 7) is 4.36. The summed E-state index contributed by atoms with van der Waals surface area (Å²) in [5.74, 6) is 0.467. The number of likely N-dealkylation sites (N-methyl/N-ethyl adjacent to an activating group) is 1. The lowest BCUT2D eigenvalue weighted by Gasteiger charge is -2.32. The maximum atomic E-state index is 11.3. The average Bonchev–Trinajstić information content (AvgIpc) is 2.38. The van der Waals surface area contributed by atoms with Crippen LogP contribution in [-0.2, 0) is 11.2 Å². The van der Waals surface area contributed by atoms with Crippen molar-refractivity contribution in [3.8, 4) is 0 Å². The van der Waals surface area contributed by atoms with Crippen molar-refractivity contribution >= 4 is 17.3 Å². The van der Waals surface area contributed by atoms with Gasteiger partial charge >= 0.3 is 0 Å². The van der Waals surface area contributed by atoms with Crippen molar-refractivity contribution < 1.29 is 9.90 Å². The van der Waals surface area contributed by atoms with Crippen LogP contribution in [0.2, 0.25) is 0 Å². The van der Waals surface area contributed by atoms with Crippen LogP contribution in [0.25, 0.3) is 0 Å². The first kappa shape index (κ1) is 13.9. The summed E-state index contributed by atoms with van der Waals surface area (Å²) in [6, 6.07) is 6.17. The molecule has 1 aliphatic heterocycles. The summed E-state index contributed by atoms with van der Waals surface area (Å²) in [6.07, 6.45) is 1.34. The number of aryl methyl sites for hydroxylation is 1. The number of hydrogen-bond donors (Lipinski definition) is 2. The molecular formula is C15H22N2O2. The first-order valence-corrected chi connectivity index (χ1v) is 6.79. The van der Waals surface area contributed by atoms with E-state index in [9.17, 15) is 9.90 Å². The van der Waals surface area contributed by atoms with E-state index < -0.39 is 0 Å². The Balaban J connectivity index is 2.24. The Morgan fingerprint density at radius 1 is 1.37 bits per heavy atom. The van der Waals surface area contributed by atoms with Crippen molar-refractivity contribution in [2.75, 3.05) is 23.9 Å². The second-order valence-corrected chi connectivity index (χ2v) is 5.49. The number of amides is 1. The summed E-state index contributed by atoms with van der Waals surface area (Å²) >= 11 is 0. The van der Waals surface area contributed by atoms with Crippen molar-refractivity contribution in [1.82, 2.24) is 0 Å². The fourth-order valence-electron chi connectivity index (χ4n) is 2.56. The molecule has 19 heavy (non-hydrogen) atoms. The van der Waals surface area contributed by atoms with Crippen LogP contribution in [-0.4, -0.2) is 30.7 Å². The van der Waals surface area contributed by atoms with Gasteiger partial charge < -0.3 is 15.3 Å². The largest absolute Gasteiger partial charge is 0.394 e. The van der Waals surface area contributed by atoms with E-state index in [1.165, 1.54) is 5.56 Å². The highest BCUT2D eigenvalue weighted by Gasteiger charge is 2.20. The average molecular weight is 262 g/mol. The Hall–Kier alpha value is -1.55. The number of hydrogen-bond acceptors (Lipinski definition) is 3. The lowest BCUT2D eigenvalue weighted by molar-refractivity contribution is -0.116. The predicted molar refractivity (Wildman–Crippen MR) is 77.5 cm³/mol. The van der Waals surface area contributed by atoms with Gasteiger partial charge in [0.15, 0.2) is 0 Å². The second-order valence-electron chi connectivity index (χ2n) is 5.49. The van der Waals surface area contributed by atoms with Gasteiger partial charge in [0, 0.05) is 24.8 Å². The van der Waals surface area contributed by atoms with Crippen LogP contribution in [0.15, 0.2) is 18.2 Å². The van der Waals surface area contributed by atoms with E-state index in [1.54, 1.807) is 0 Å². The number of nitrogens with zero attached hydrogens (tertiary/aromatic N) is 1. The number of aliphatic hydroxyl groups excluding tert-OH is 1. The van der Waals surface area contributed by atoms with Gasteiger partial charge in [-0.2, -0.15) is 0 Å². The van der Waals surface area contributed by atoms with E-state index in [0.29, 0.717) is 12.3 Å². The van der Waals surface area contributed by atoms with Gasteiger partial charge in [-0.05, 0) is 36.1 Å². The van der Waals surface area contributed by atoms with Crippen molar-refractivity contribution in [1.29, 1.82) is 0 Å². The van der Waals surface area contributed by atoms with Gasteiger partial charge in [-0.15, -0.1) is 0 Å². The van der Waals surface area contributed by atoms with Gasteiger partial charge in [-0.3, -0.25) is 4.79 Å². The van der Waals surface area contributed by atoms with Crippen LogP contribution in [0.5, 0.6) is 0 Å². The zero-order valence-electron chi connectivity index (χ0n) is 11.8. The van der Waals surface area contributed by atoms with E-state index in [4.69, 9.17) is 0 Å². The minimum Gasteiger partial charge on any atom is -0.394 e. The minimum absolute atomic E-state index is 0.0871. The Morgan fingerprint density at radius 3 is 2.74 bits per heavy atom. The fraction of sp³-hybridized carbons (Fsp3) is 0.533. The molecular weight excluding hydrogens is 240 g/mol. The highest BCUT2D eigenvalue weighted by atomic mass is 16.3. The van der Waals surface area contributed by atoms with Gasteiger partial charge in [-0.25, -0.2) is 0 Å². The third-order valence-electron chi connectivity index (χ3n) is 3.85. The number of nitrogens with one attached hydrogen (secondary N) is 1. The number of aliphatic hydroxyl groups is 1. The molecule has 1 aromatic carbocycles. The highest BCUT2D eigenvalue weighted by molar-refractivity contribution is 5.94. The Morgan fingerprint density at radius 2 is 2.11 bits per heavy atom. The van der Waals surface area contributed by atoms with Gasteiger partial charge in [0.25, 0.3) is 0 Å². The molecule has 0 saturated carbocycles. The molecule has 1 atom stereocenters. The van der Waals surface area contributed by atoms with Gasteiger partial charge in [0.1, 0.15) is 0 Å². The van der Waals surface area contributed by atoms with Gasteiger partial charge in [-0.1, -0.05) is 13.8 Å². The first-order chi connectivity index (χ1) is 9.02. The normalized spacial score (nSPS) is 15.9. The maximum Gasteiger partial charge on any atom is 0.224 e. The van der Waals surface area contributed by atoms with E-state index in [-0.39, 0.29) is 18.6 Å². The van der Waals surface area contributed by atoms with Gasteiger partial charge in [0.05, 0.1) is 12.6 Å². The molecule has 104 valence electrons. The zero-order chi connectivity index (χ0) is 14.0. The van der Waals surface area contributed by atoms with E-state index >= 15 is 0 Å². The smallest absolute Gasteiger partial charge is 0.224 e. The highest BCUT2D eigenvalue weighted by Crippen LogP contribution is 2.28. The standard InChI is InChI=1S/C15H22N2O2/c1-10(2)14(9-18)17(3)12-5-6-13-11(8-12)4-7-15(19)16-13/h5-6,8,10,14,18H,4,7,9H2,1-3H3,(H,16,19). The summed E-state index contributed by atoms with van der Waals surface area (Å²) < 4.78 is 0. The Labute approximate surface area is 114 Å². The zero-order valence-corrected chi connectivity index (χ0v) is 11.8. The monoisotopic (exact) mass is 262 g/mol. The van der Waals surface area contributed by atoms with Crippen LogP contribution in [0.4, 0.5) is 11.4 Å². The van der Waals surface area contributed by atoms with Crippen LogP contribution in [0.3, 0.4) is 0 Å². The molecule has 0 aromatic heterocycles. The number of rotatable bonds is 4. The molecule has 0 bridgehead atoms. The van der Waals surface area contributed by atoms with E-state index in [1.807, 2.05) is 19.2 Å². The predicted octanol–water partition coefficient (Wildman–Crippen LogP) is 2.02. The maximum absolute atomic E-state index is 11.3. The number of fused-ring (bicyclic) bond motifs is 1. The topological polar surface area (TPSA) is 52.6 Å². The molecule has 4 heteroatoms. The van der Waals surface area contributed by atoms with Gasteiger partial charge in [0.2, 0.25) is 5.91 Å². The third kappa shape index (κ3) is 2.89. The minimum atomic E-state index is 0.0871. The van der Waals surface area contributed by atoms with Crippen molar-refractivity contribution in [3.63, 3.8) is 0 Å². The number of carbonyl (C=O) groups is 1. The number of anilines is 2. The van der Waals surface area contributed by atoms with Crippen molar-refractivity contribution in [2.45, 2.75) is 32.7 Å². The number of benzene rings is 1. The summed E-state index contributed by atoms with van der Waals surface area (Å²) in [5, 5.41) is 12.4. The second kappa shape index (κ2) is 5.61. The molecule has 0 spiro atoms. The lowest BCUT2D eigenvalue weighted by atomic mass is 10.00. The molecule has 1 unspecified atom stereocenters. The molecule has 0 radical (unpaired) electrons. The van der Waals surface area contributed by atoms with Crippen LogP contribution in [0.1, 0.15) is 25.8 Å². The molecule has 0 aliphatic carbocycles. The molecule has 1 amide bonds. The van der Waals surface area contributed by atoms with E-state index in [0.717, 1.165) is 17.8 Å². The lowest BCUT2D eigenvalue weighted by Crippen LogP contribution is -2.39. The quantitative estimate of drug-likeness (QED) is 0.873. The fourth-order valence-corrected chi connectivity index (χ4v) is 2.56. The molecule has 1 heterocycles. The molecule has 2 rings (SSSR count). The Kier molecular flexibility index (Phi) is 4.10. The molecule has 2 N–H and O–H groups in total. The molecule has 4 nitrogen and oxygen atoms in total. The number of carbonyl (C=O) groups excluding carboxylic acids is 1. The third-order valence-corrected chi connectivity index (χ3v) is 3.85. The Bertz CT molecular complexity index is 471. The SMILES string of the molecule is CC(C)C(CO)N(C)c1ccc2c(c1)CCC(=O)N2. The summed E-state index contributed by atoms with van der Waals surface area (Å²) in [4.78, 5) is 13.4. The summed E-state index contributed by atoms with van der Waals surface area (Å²) in [7, 11) is 2.00. The van der Waals surface area contributed by atoms with Crippen LogP contribution < -0.4 is 10.2 Å². The molecule has 0 saturated heterocycles. The summed E-state index contributed by atoms with van der Waals surface area (Å²) in [5.41, 5.74) is 3.17. The molecule has 1 aliphatic rings. The van der Waals surface area contributed by atoms with Crippen LogP contribution in [0, 0.1) is 5.92 Å². The van der Waals surface area contributed by atoms with Crippen molar-refractivity contribution in [3.05, 3.63) is 23.8 Å². The molecule has 1 aromatic rings. The van der Waals surface area contributed by atoms with Crippen LogP contribution >= 0.6 is 0 Å².